The number of nitrogens with one attached hydrogen (secondary N) is 2. The quantitative estimate of drug-likeness (QED) is 0.165. The van der Waals surface area contributed by atoms with E-state index in [1.54, 1.807) is 0 Å². The second kappa shape index (κ2) is 11.6. The van der Waals surface area contributed by atoms with E-state index in [0.717, 1.165) is 72.5 Å². The van der Waals surface area contributed by atoms with Crippen molar-refractivity contribution in [2.75, 3.05) is 48.6 Å². The van der Waals surface area contributed by atoms with Crippen molar-refractivity contribution < 1.29 is 0 Å². The maximum atomic E-state index is 5.13. The monoisotopic (exact) mass is 695 g/mol. The fourth-order valence-corrected chi connectivity index (χ4v) is 7.09. The van der Waals surface area contributed by atoms with Gasteiger partial charge in [0.1, 0.15) is 19.0 Å². The number of nitrogens with zero attached hydrogens (tertiary/aromatic N) is 11. The summed E-state index contributed by atoms with van der Waals surface area (Å²) < 4.78 is 6.02. The molecule has 2 N–H and O–H groups in total. The summed E-state index contributed by atoms with van der Waals surface area (Å²) in [6.07, 6.45) is 5.18. The summed E-state index contributed by atoms with van der Waals surface area (Å²) >= 11 is 0. The smallest absolute Gasteiger partial charge is 0.240 e. The third-order valence-corrected chi connectivity index (χ3v) is 9.64. The first kappa shape index (κ1) is 30.5. The fourth-order valence-electron chi connectivity index (χ4n) is 7.09. The molecule has 5 aromatic carbocycles. The zero-order valence-corrected chi connectivity index (χ0v) is 29.4. The zero-order valence-electron chi connectivity index (χ0n) is 29.4. The van der Waals surface area contributed by atoms with Gasteiger partial charge in [-0.2, -0.15) is 9.97 Å². The summed E-state index contributed by atoms with van der Waals surface area (Å²) in [4.78, 5) is 33.5. The van der Waals surface area contributed by atoms with Crippen LogP contribution in [0.15, 0.2) is 116 Å². The second-order valence-corrected chi connectivity index (χ2v) is 13.4. The fraction of sp³-hybridized carbons (Fsp3) is 0.100. The average Bonchev–Trinajstić information content (AvgIpc) is 3.93. The van der Waals surface area contributed by atoms with Crippen molar-refractivity contribution >= 4 is 84.0 Å². The van der Waals surface area contributed by atoms with E-state index >= 15 is 0 Å². The number of hydrogen-bond donors (Lipinski definition) is 2. The molecule has 5 aromatic heterocycles. The molecule has 10 aromatic rings. The molecule has 0 aliphatic carbocycles. The molecule has 53 heavy (non-hydrogen) atoms. The molecule has 0 fully saturated rings. The summed E-state index contributed by atoms with van der Waals surface area (Å²) in [6.45, 7) is 0. The van der Waals surface area contributed by atoms with Gasteiger partial charge in [-0.3, -0.25) is 9.13 Å². The van der Waals surface area contributed by atoms with E-state index in [0.29, 0.717) is 23.2 Å². The Balaban J connectivity index is 1.22. The molecular formula is C40H33N13. The van der Waals surface area contributed by atoms with Gasteiger partial charge in [0.05, 0.1) is 39.0 Å². The predicted molar refractivity (Wildman–Crippen MR) is 212 cm³/mol. The summed E-state index contributed by atoms with van der Waals surface area (Å²) in [5, 5.41) is 9.10. The molecule has 0 amide bonds. The minimum absolute atomic E-state index is 0.481. The minimum Gasteiger partial charge on any atom is -0.378 e. The molecule has 0 spiro atoms. The van der Waals surface area contributed by atoms with Gasteiger partial charge in [0.2, 0.25) is 11.6 Å². The van der Waals surface area contributed by atoms with Gasteiger partial charge in [0.15, 0.2) is 11.6 Å². The van der Waals surface area contributed by atoms with Crippen LogP contribution in [0.5, 0.6) is 0 Å². The van der Waals surface area contributed by atoms with E-state index in [1.807, 2.05) is 90.8 Å². The normalized spacial score (nSPS) is 11.8. The summed E-state index contributed by atoms with van der Waals surface area (Å²) in [5.74, 6) is 2.36. The first-order valence-electron chi connectivity index (χ1n) is 17.2. The van der Waals surface area contributed by atoms with Crippen molar-refractivity contribution in [3.63, 3.8) is 0 Å². The Kier molecular flexibility index (Phi) is 6.70. The highest BCUT2D eigenvalue weighted by molar-refractivity contribution is 6.08. The van der Waals surface area contributed by atoms with Crippen LogP contribution in [0.2, 0.25) is 0 Å². The molecule has 5 heterocycles. The van der Waals surface area contributed by atoms with Gasteiger partial charge >= 0.3 is 0 Å². The van der Waals surface area contributed by atoms with E-state index in [2.05, 4.69) is 91.1 Å². The third-order valence-electron chi connectivity index (χ3n) is 9.64. The molecule has 10 rings (SSSR count). The minimum atomic E-state index is 0.481. The van der Waals surface area contributed by atoms with Crippen LogP contribution in [0.25, 0.3) is 61.5 Å². The Bertz CT molecular complexity index is 2760. The van der Waals surface area contributed by atoms with Gasteiger partial charge in [-0.25, -0.2) is 24.3 Å². The van der Waals surface area contributed by atoms with Gasteiger partial charge in [0, 0.05) is 61.7 Å². The van der Waals surface area contributed by atoms with Gasteiger partial charge < -0.3 is 20.4 Å². The Morgan fingerprint density at radius 3 is 1.40 bits per heavy atom. The summed E-state index contributed by atoms with van der Waals surface area (Å²) in [7, 11) is 8.12. The molecule has 0 radical (unpaired) electrons. The molecule has 0 bridgehead atoms. The Morgan fingerprint density at radius 1 is 0.509 bits per heavy atom. The molecule has 0 atom stereocenters. The third kappa shape index (κ3) is 4.85. The number of imidazole rings is 2. The van der Waals surface area contributed by atoms with Crippen LogP contribution in [-0.4, -0.2) is 71.6 Å². The Labute approximate surface area is 303 Å². The lowest BCUT2D eigenvalue weighted by Crippen LogP contribution is -2.11. The molecule has 0 aliphatic rings. The van der Waals surface area contributed by atoms with E-state index in [9.17, 15) is 0 Å². The van der Waals surface area contributed by atoms with Gasteiger partial charge in [-0.05, 0) is 60.7 Å². The standard InChI is InChI=1S/C40H33N13/c1-49(2)26-17-30-35(32(19-26)45-24-11-7-5-8-12-24)51(22-43-30)37-28-15-16-29-34(28)53-39(47-37)41-21-42-40(53)48-38(29)52-23-44-31-18-27(50(3)4)20-33(36(31)52)46-25-13-9-6-10-14-25/h5-23,45-46H,1-4H3. The van der Waals surface area contributed by atoms with E-state index < -0.39 is 0 Å². The van der Waals surface area contributed by atoms with Crippen molar-refractivity contribution in [3.8, 4) is 11.6 Å². The summed E-state index contributed by atoms with van der Waals surface area (Å²) in [6, 6.07) is 32.9. The van der Waals surface area contributed by atoms with Crippen molar-refractivity contribution in [3.05, 3.63) is 116 Å². The van der Waals surface area contributed by atoms with Crippen molar-refractivity contribution in [1.82, 2.24) is 43.4 Å². The molecule has 258 valence electrons. The highest BCUT2D eigenvalue weighted by Crippen LogP contribution is 2.39. The Hall–Kier alpha value is -7.28. The van der Waals surface area contributed by atoms with Crippen LogP contribution in [0.3, 0.4) is 0 Å². The predicted octanol–water partition coefficient (Wildman–Crippen LogP) is 7.56. The van der Waals surface area contributed by atoms with Crippen molar-refractivity contribution in [1.29, 1.82) is 0 Å². The SMILES string of the molecule is CN(C)c1cc(Nc2ccccc2)c2c(c1)ncn2-c1nc2ncnc3nc(-n4cnc5cc(N(C)C)cc(Nc6ccccc6)c54)c4ccc1c4n23. The maximum Gasteiger partial charge on any atom is 0.240 e. The lowest BCUT2D eigenvalue weighted by atomic mass is 10.2. The number of para-hydroxylation sites is 2. The van der Waals surface area contributed by atoms with E-state index in [4.69, 9.17) is 19.9 Å². The largest absolute Gasteiger partial charge is 0.378 e. The van der Waals surface area contributed by atoms with Gasteiger partial charge in [-0.1, -0.05) is 36.4 Å². The van der Waals surface area contributed by atoms with Crippen LogP contribution in [0, 0.1) is 0 Å². The topological polar surface area (TPSA) is 122 Å². The number of anilines is 6. The molecule has 0 saturated heterocycles. The molecule has 0 unspecified atom stereocenters. The number of fused-ring (bicyclic) bond motifs is 2. The maximum absolute atomic E-state index is 5.13. The first-order valence-corrected chi connectivity index (χ1v) is 17.2. The molecule has 0 aliphatic heterocycles. The molecule has 0 saturated carbocycles. The lowest BCUT2D eigenvalue weighted by molar-refractivity contribution is 0.958. The van der Waals surface area contributed by atoms with Crippen molar-refractivity contribution in [2.45, 2.75) is 0 Å². The van der Waals surface area contributed by atoms with Crippen LogP contribution in [0.4, 0.5) is 34.1 Å². The van der Waals surface area contributed by atoms with Crippen LogP contribution < -0.4 is 20.4 Å². The lowest BCUT2D eigenvalue weighted by Gasteiger charge is -2.18. The number of hydrogen-bond acceptors (Lipinski definition) is 10. The molecule has 13 nitrogen and oxygen atoms in total. The average molecular weight is 696 g/mol. The number of aromatic nitrogens is 9. The molecule has 13 heteroatoms. The highest BCUT2D eigenvalue weighted by Gasteiger charge is 2.24. The van der Waals surface area contributed by atoms with Gasteiger partial charge in [-0.15, -0.1) is 0 Å². The zero-order chi connectivity index (χ0) is 35.8. The van der Waals surface area contributed by atoms with Crippen LogP contribution >= 0.6 is 0 Å². The van der Waals surface area contributed by atoms with Gasteiger partial charge in [0.25, 0.3) is 0 Å². The highest BCUT2D eigenvalue weighted by atomic mass is 15.2. The molecular weight excluding hydrogens is 663 g/mol. The summed E-state index contributed by atoms with van der Waals surface area (Å²) in [5.41, 5.74) is 10.2. The Morgan fingerprint density at radius 2 is 0.962 bits per heavy atom. The van der Waals surface area contributed by atoms with E-state index in [-0.39, 0.29) is 0 Å². The van der Waals surface area contributed by atoms with Crippen molar-refractivity contribution in [2.24, 2.45) is 0 Å². The van der Waals surface area contributed by atoms with E-state index in [1.165, 1.54) is 6.33 Å². The number of benzene rings is 4. The van der Waals surface area contributed by atoms with Crippen LogP contribution in [0.1, 0.15) is 0 Å². The number of rotatable bonds is 8. The first-order chi connectivity index (χ1) is 25.9. The second-order valence-electron chi connectivity index (χ2n) is 13.4. The van der Waals surface area contributed by atoms with Crippen LogP contribution in [-0.2, 0) is 0 Å².